The van der Waals surface area contributed by atoms with Crippen molar-refractivity contribution in [2.45, 2.75) is 38.1 Å². The van der Waals surface area contributed by atoms with E-state index in [2.05, 4.69) is 15.7 Å². The highest BCUT2D eigenvalue weighted by Crippen LogP contribution is 2.17. The molecule has 5 heteroatoms. The number of hydrogen-bond donors (Lipinski definition) is 3. The van der Waals surface area contributed by atoms with Gasteiger partial charge < -0.3 is 10.7 Å². The van der Waals surface area contributed by atoms with Crippen molar-refractivity contribution < 1.29 is 4.79 Å². The van der Waals surface area contributed by atoms with Crippen LogP contribution in [0.25, 0.3) is 0 Å². The van der Waals surface area contributed by atoms with E-state index in [1.165, 1.54) is 25.5 Å². The molecule has 1 saturated carbocycles. The van der Waals surface area contributed by atoms with Gasteiger partial charge in [0.2, 0.25) is 0 Å². The third-order valence-corrected chi connectivity index (χ3v) is 3.11. The van der Waals surface area contributed by atoms with Gasteiger partial charge in [0.05, 0.1) is 5.56 Å². The Morgan fingerprint density at radius 3 is 2.65 bits per heavy atom. The summed E-state index contributed by atoms with van der Waals surface area (Å²) in [5.74, 6) is 5.72. The Morgan fingerprint density at radius 2 is 2.06 bits per heavy atom. The average molecular weight is 234 g/mol. The van der Waals surface area contributed by atoms with Gasteiger partial charge in [-0.15, -0.1) is 0 Å². The van der Waals surface area contributed by atoms with E-state index in [0.717, 1.165) is 12.8 Å². The molecular weight excluding hydrogens is 216 g/mol. The summed E-state index contributed by atoms with van der Waals surface area (Å²) in [6, 6.07) is 3.74. The smallest absolute Gasteiger partial charge is 0.253 e. The highest BCUT2D eigenvalue weighted by Gasteiger charge is 2.16. The van der Waals surface area contributed by atoms with Crippen molar-refractivity contribution in [2.75, 3.05) is 5.43 Å². The maximum atomic E-state index is 11.9. The standard InChI is InChI=1S/C12H18N4O/c13-16-11-7-6-9(8-14-11)12(17)15-10-4-2-1-3-5-10/h6-8,10H,1-5,13H2,(H,14,16)(H,15,17). The number of pyridine rings is 1. The summed E-state index contributed by atoms with van der Waals surface area (Å²) in [6.07, 6.45) is 7.40. The van der Waals surface area contributed by atoms with Crippen LogP contribution in [-0.2, 0) is 0 Å². The number of nitrogen functional groups attached to an aromatic ring is 1. The van der Waals surface area contributed by atoms with Crippen LogP contribution >= 0.6 is 0 Å². The molecule has 1 aliphatic carbocycles. The van der Waals surface area contributed by atoms with Crippen molar-refractivity contribution in [2.24, 2.45) is 5.84 Å². The van der Waals surface area contributed by atoms with E-state index in [9.17, 15) is 4.79 Å². The number of nitrogens with two attached hydrogens (primary N) is 1. The molecule has 0 unspecified atom stereocenters. The molecule has 0 aromatic carbocycles. The highest BCUT2D eigenvalue weighted by atomic mass is 16.1. The molecular formula is C12H18N4O. The summed E-state index contributed by atoms with van der Waals surface area (Å²) >= 11 is 0. The number of rotatable bonds is 3. The van der Waals surface area contributed by atoms with Gasteiger partial charge in [-0.2, -0.15) is 0 Å². The highest BCUT2D eigenvalue weighted by molar-refractivity contribution is 5.94. The van der Waals surface area contributed by atoms with Crippen molar-refractivity contribution in [3.63, 3.8) is 0 Å². The van der Waals surface area contributed by atoms with E-state index in [1.54, 1.807) is 12.1 Å². The number of carbonyl (C=O) groups excluding carboxylic acids is 1. The molecule has 1 aromatic rings. The van der Waals surface area contributed by atoms with Gasteiger partial charge in [0.1, 0.15) is 5.82 Å². The minimum atomic E-state index is -0.0482. The van der Waals surface area contributed by atoms with E-state index >= 15 is 0 Å². The Balaban J connectivity index is 1.93. The monoisotopic (exact) mass is 234 g/mol. The van der Waals surface area contributed by atoms with Crippen LogP contribution in [0.2, 0.25) is 0 Å². The van der Waals surface area contributed by atoms with Crippen LogP contribution in [0.3, 0.4) is 0 Å². The van der Waals surface area contributed by atoms with Crippen LogP contribution in [0.1, 0.15) is 42.5 Å². The molecule has 1 amide bonds. The van der Waals surface area contributed by atoms with Gasteiger partial charge in [-0.25, -0.2) is 10.8 Å². The second kappa shape index (κ2) is 5.63. The number of hydrogen-bond acceptors (Lipinski definition) is 4. The van der Waals surface area contributed by atoms with Crippen molar-refractivity contribution >= 4 is 11.7 Å². The Morgan fingerprint density at radius 1 is 1.29 bits per heavy atom. The number of nitrogens with zero attached hydrogens (tertiary/aromatic N) is 1. The zero-order valence-corrected chi connectivity index (χ0v) is 9.78. The second-order valence-corrected chi connectivity index (χ2v) is 4.38. The van der Waals surface area contributed by atoms with Gasteiger partial charge in [0, 0.05) is 12.2 Å². The topological polar surface area (TPSA) is 80.0 Å². The second-order valence-electron chi connectivity index (χ2n) is 4.38. The largest absolute Gasteiger partial charge is 0.349 e. The first-order valence-electron chi connectivity index (χ1n) is 6.03. The van der Waals surface area contributed by atoms with E-state index < -0.39 is 0 Å². The summed E-state index contributed by atoms with van der Waals surface area (Å²) in [5, 5.41) is 3.04. The van der Waals surface area contributed by atoms with Gasteiger partial charge in [0.15, 0.2) is 0 Å². The lowest BCUT2D eigenvalue weighted by molar-refractivity contribution is 0.0927. The molecule has 92 valence electrons. The summed E-state index contributed by atoms with van der Waals surface area (Å²) in [5.41, 5.74) is 3.01. The van der Waals surface area contributed by atoms with Gasteiger partial charge in [-0.05, 0) is 25.0 Å². The molecule has 1 aliphatic rings. The number of hydrazine groups is 1. The van der Waals surface area contributed by atoms with E-state index in [4.69, 9.17) is 5.84 Å². The van der Waals surface area contributed by atoms with Crippen molar-refractivity contribution in [3.8, 4) is 0 Å². The first-order chi connectivity index (χ1) is 8.29. The minimum Gasteiger partial charge on any atom is -0.349 e. The van der Waals surface area contributed by atoms with Crippen LogP contribution in [0.5, 0.6) is 0 Å². The fourth-order valence-electron chi connectivity index (χ4n) is 2.13. The molecule has 0 radical (unpaired) electrons. The Hall–Kier alpha value is -1.62. The van der Waals surface area contributed by atoms with Crippen LogP contribution in [-0.4, -0.2) is 16.9 Å². The molecule has 0 spiro atoms. The number of nitrogens with one attached hydrogen (secondary N) is 2. The molecule has 0 bridgehead atoms. The Labute approximate surface area is 101 Å². The first kappa shape index (κ1) is 11.9. The molecule has 4 N–H and O–H groups in total. The minimum absolute atomic E-state index is 0.0482. The fourth-order valence-corrected chi connectivity index (χ4v) is 2.13. The fraction of sp³-hybridized carbons (Fsp3) is 0.500. The van der Waals surface area contributed by atoms with E-state index in [-0.39, 0.29) is 5.91 Å². The lowest BCUT2D eigenvalue weighted by Crippen LogP contribution is -2.36. The van der Waals surface area contributed by atoms with Crippen LogP contribution in [0.4, 0.5) is 5.82 Å². The zero-order valence-electron chi connectivity index (χ0n) is 9.78. The summed E-state index contributed by atoms with van der Waals surface area (Å²) in [4.78, 5) is 15.9. The quantitative estimate of drug-likeness (QED) is 0.546. The Kier molecular flexibility index (Phi) is 3.93. The van der Waals surface area contributed by atoms with E-state index in [0.29, 0.717) is 17.4 Å². The third kappa shape index (κ3) is 3.17. The summed E-state index contributed by atoms with van der Waals surface area (Å²) < 4.78 is 0. The molecule has 5 nitrogen and oxygen atoms in total. The Bertz CT molecular complexity index is 371. The van der Waals surface area contributed by atoms with Crippen LogP contribution in [0.15, 0.2) is 18.3 Å². The van der Waals surface area contributed by atoms with Crippen molar-refractivity contribution in [3.05, 3.63) is 23.9 Å². The number of amides is 1. The molecule has 1 heterocycles. The first-order valence-corrected chi connectivity index (χ1v) is 6.03. The molecule has 0 saturated heterocycles. The number of carbonyl (C=O) groups is 1. The average Bonchev–Trinajstić information content (AvgIpc) is 2.40. The molecule has 0 aliphatic heterocycles. The van der Waals surface area contributed by atoms with Crippen LogP contribution in [0, 0.1) is 0 Å². The van der Waals surface area contributed by atoms with Gasteiger partial charge in [0.25, 0.3) is 5.91 Å². The van der Waals surface area contributed by atoms with Crippen molar-refractivity contribution in [1.82, 2.24) is 10.3 Å². The lowest BCUT2D eigenvalue weighted by Gasteiger charge is -2.22. The maximum Gasteiger partial charge on any atom is 0.253 e. The lowest BCUT2D eigenvalue weighted by atomic mass is 9.95. The zero-order chi connectivity index (χ0) is 12.1. The molecule has 1 aromatic heterocycles. The third-order valence-electron chi connectivity index (χ3n) is 3.11. The molecule has 0 atom stereocenters. The predicted octanol–water partition coefficient (Wildman–Crippen LogP) is 1.43. The summed E-state index contributed by atoms with van der Waals surface area (Å²) in [6.45, 7) is 0. The number of aromatic nitrogens is 1. The summed E-state index contributed by atoms with van der Waals surface area (Å²) in [7, 11) is 0. The van der Waals surface area contributed by atoms with Gasteiger partial charge >= 0.3 is 0 Å². The van der Waals surface area contributed by atoms with Crippen LogP contribution < -0.4 is 16.6 Å². The maximum absolute atomic E-state index is 11.9. The van der Waals surface area contributed by atoms with Crippen molar-refractivity contribution in [1.29, 1.82) is 0 Å². The number of anilines is 1. The van der Waals surface area contributed by atoms with Gasteiger partial charge in [-0.1, -0.05) is 19.3 Å². The normalized spacial score (nSPS) is 16.5. The molecule has 1 fully saturated rings. The van der Waals surface area contributed by atoms with E-state index in [1.807, 2.05) is 0 Å². The SMILES string of the molecule is NNc1ccc(C(=O)NC2CCCCC2)cn1. The molecule has 2 rings (SSSR count). The van der Waals surface area contributed by atoms with Gasteiger partial charge in [-0.3, -0.25) is 4.79 Å². The molecule has 17 heavy (non-hydrogen) atoms. The predicted molar refractivity (Wildman–Crippen MR) is 66.4 cm³/mol.